The molecule has 0 radical (unpaired) electrons. The van der Waals surface area contributed by atoms with Gasteiger partial charge in [0.2, 0.25) is 0 Å². The van der Waals surface area contributed by atoms with Crippen molar-refractivity contribution in [3.8, 4) is 11.5 Å². The summed E-state index contributed by atoms with van der Waals surface area (Å²) in [5, 5.41) is 12.7. The first-order valence-electron chi connectivity index (χ1n) is 7.69. The fourth-order valence-electron chi connectivity index (χ4n) is 2.34. The molecule has 0 aliphatic carbocycles. The van der Waals surface area contributed by atoms with Crippen LogP contribution in [0.1, 0.15) is 11.1 Å². The minimum atomic E-state index is 0.259. The zero-order chi connectivity index (χ0) is 16.8. The van der Waals surface area contributed by atoms with E-state index in [-0.39, 0.29) is 5.75 Å². The lowest BCUT2D eigenvalue weighted by Crippen LogP contribution is -2.03. The van der Waals surface area contributed by atoms with Crippen LogP contribution in [-0.4, -0.2) is 5.11 Å². The molecule has 0 spiro atoms. The maximum atomic E-state index is 9.35. The average Bonchev–Trinajstić information content (AvgIpc) is 2.61. The summed E-state index contributed by atoms with van der Waals surface area (Å²) in [7, 11) is 0. The fourth-order valence-corrected chi connectivity index (χ4v) is 2.75. The molecule has 0 atom stereocenters. The molecule has 0 amide bonds. The van der Waals surface area contributed by atoms with E-state index in [4.69, 9.17) is 4.74 Å². The second kappa shape index (κ2) is 7.88. The molecular formula is C20H18BrNO2. The number of phenols is 1. The molecule has 0 heterocycles. The molecule has 3 nitrogen and oxygen atoms in total. The van der Waals surface area contributed by atoms with Gasteiger partial charge in [0.1, 0.15) is 18.1 Å². The largest absolute Gasteiger partial charge is 0.508 e. The van der Waals surface area contributed by atoms with E-state index in [0.29, 0.717) is 13.2 Å². The molecule has 0 bridgehead atoms. The summed E-state index contributed by atoms with van der Waals surface area (Å²) < 4.78 is 7.00. The van der Waals surface area contributed by atoms with E-state index < -0.39 is 0 Å². The molecule has 3 rings (SSSR count). The van der Waals surface area contributed by atoms with Crippen molar-refractivity contribution in [1.29, 1.82) is 0 Å². The second-order valence-electron chi connectivity index (χ2n) is 5.43. The molecule has 2 N–H and O–H groups in total. The van der Waals surface area contributed by atoms with E-state index in [1.165, 1.54) is 0 Å². The van der Waals surface area contributed by atoms with Gasteiger partial charge in [-0.2, -0.15) is 0 Å². The Bertz CT molecular complexity index is 788. The van der Waals surface area contributed by atoms with E-state index in [1.807, 2.05) is 60.7 Å². The van der Waals surface area contributed by atoms with Crippen LogP contribution in [0.4, 0.5) is 5.69 Å². The third kappa shape index (κ3) is 4.52. The summed E-state index contributed by atoms with van der Waals surface area (Å²) in [6, 6.07) is 23.1. The standard InChI is InChI=1S/C20H18BrNO2/c21-17-6-11-20(24-14-15-4-2-1-3-5-15)16(12-17)13-22-18-7-9-19(23)10-8-18/h1-12,22-23H,13-14H2. The minimum Gasteiger partial charge on any atom is -0.508 e. The Balaban J connectivity index is 1.69. The summed E-state index contributed by atoms with van der Waals surface area (Å²) in [4.78, 5) is 0. The molecule has 24 heavy (non-hydrogen) atoms. The number of rotatable bonds is 6. The van der Waals surface area contributed by atoms with E-state index in [2.05, 4.69) is 21.2 Å². The molecule has 3 aromatic carbocycles. The van der Waals surface area contributed by atoms with Crippen molar-refractivity contribution in [2.24, 2.45) is 0 Å². The lowest BCUT2D eigenvalue weighted by atomic mass is 10.2. The summed E-state index contributed by atoms with van der Waals surface area (Å²) in [6.45, 7) is 1.17. The van der Waals surface area contributed by atoms with Crippen LogP contribution < -0.4 is 10.1 Å². The Morgan fingerprint density at radius 3 is 2.42 bits per heavy atom. The maximum absolute atomic E-state index is 9.35. The normalized spacial score (nSPS) is 10.4. The van der Waals surface area contributed by atoms with Crippen LogP contribution in [0, 0.1) is 0 Å². The third-order valence-corrected chi connectivity index (χ3v) is 4.10. The highest BCUT2D eigenvalue weighted by Crippen LogP contribution is 2.25. The first-order chi connectivity index (χ1) is 11.7. The number of nitrogens with one attached hydrogen (secondary N) is 1. The van der Waals surface area contributed by atoms with E-state index in [9.17, 15) is 5.11 Å². The SMILES string of the molecule is Oc1ccc(NCc2cc(Br)ccc2OCc2ccccc2)cc1. The zero-order valence-electron chi connectivity index (χ0n) is 13.1. The predicted molar refractivity (Wildman–Crippen MR) is 100 cm³/mol. The zero-order valence-corrected chi connectivity index (χ0v) is 14.7. The second-order valence-corrected chi connectivity index (χ2v) is 6.34. The van der Waals surface area contributed by atoms with Gasteiger partial charge in [-0.1, -0.05) is 46.3 Å². The van der Waals surface area contributed by atoms with E-state index >= 15 is 0 Å². The molecule has 0 aliphatic rings. The molecule has 0 saturated carbocycles. The number of phenolic OH excluding ortho intramolecular Hbond substituents is 1. The molecule has 3 aromatic rings. The highest BCUT2D eigenvalue weighted by molar-refractivity contribution is 9.10. The van der Waals surface area contributed by atoms with E-state index in [1.54, 1.807) is 12.1 Å². The first-order valence-corrected chi connectivity index (χ1v) is 8.48. The predicted octanol–water partition coefficient (Wildman–Crippen LogP) is 5.35. The van der Waals surface area contributed by atoms with Crippen molar-refractivity contribution < 1.29 is 9.84 Å². The fraction of sp³-hybridized carbons (Fsp3) is 0.100. The summed E-state index contributed by atoms with van der Waals surface area (Å²) in [6.07, 6.45) is 0. The minimum absolute atomic E-state index is 0.259. The number of halogens is 1. The number of hydrogen-bond acceptors (Lipinski definition) is 3. The van der Waals surface area contributed by atoms with Crippen LogP contribution in [0.2, 0.25) is 0 Å². The van der Waals surface area contributed by atoms with Gasteiger partial charge in [0.15, 0.2) is 0 Å². The Labute approximate surface area is 150 Å². The number of aromatic hydroxyl groups is 1. The highest BCUT2D eigenvalue weighted by Gasteiger charge is 2.06. The summed E-state index contributed by atoms with van der Waals surface area (Å²) in [5.74, 6) is 1.11. The summed E-state index contributed by atoms with van der Waals surface area (Å²) >= 11 is 3.51. The van der Waals surface area contributed by atoms with Crippen LogP contribution in [-0.2, 0) is 13.2 Å². The molecule has 0 aromatic heterocycles. The van der Waals surface area contributed by atoms with Gasteiger partial charge in [-0.25, -0.2) is 0 Å². The van der Waals surface area contributed by atoms with Gasteiger partial charge in [0.25, 0.3) is 0 Å². The molecule has 0 aliphatic heterocycles. The van der Waals surface area contributed by atoms with E-state index in [0.717, 1.165) is 27.0 Å². The Morgan fingerprint density at radius 1 is 0.917 bits per heavy atom. The smallest absolute Gasteiger partial charge is 0.124 e. The van der Waals surface area contributed by atoms with Gasteiger partial charge in [0, 0.05) is 22.3 Å². The van der Waals surface area contributed by atoms with Crippen LogP contribution in [0.5, 0.6) is 11.5 Å². The third-order valence-electron chi connectivity index (χ3n) is 3.61. The maximum Gasteiger partial charge on any atom is 0.124 e. The molecule has 0 unspecified atom stereocenters. The van der Waals surface area contributed by atoms with Crippen molar-refractivity contribution in [2.45, 2.75) is 13.2 Å². The van der Waals surface area contributed by atoms with Gasteiger partial charge in [-0.3, -0.25) is 0 Å². The topological polar surface area (TPSA) is 41.5 Å². The lowest BCUT2D eigenvalue weighted by molar-refractivity contribution is 0.303. The van der Waals surface area contributed by atoms with Gasteiger partial charge < -0.3 is 15.2 Å². The average molecular weight is 384 g/mol. The summed E-state index contributed by atoms with van der Waals surface area (Å²) in [5.41, 5.74) is 3.15. The first kappa shape index (κ1) is 16.4. The molecule has 0 saturated heterocycles. The number of benzene rings is 3. The van der Waals surface area contributed by atoms with Crippen molar-refractivity contribution in [3.63, 3.8) is 0 Å². The molecule has 4 heteroatoms. The van der Waals surface area contributed by atoms with Gasteiger partial charge in [-0.05, 0) is 48.0 Å². The highest BCUT2D eigenvalue weighted by atomic mass is 79.9. The molecular weight excluding hydrogens is 366 g/mol. The number of hydrogen-bond donors (Lipinski definition) is 2. The Morgan fingerprint density at radius 2 is 1.67 bits per heavy atom. The monoisotopic (exact) mass is 383 g/mol. The van der Waals surface area contributed by atoms with Gasteiger partial charge in [0.05, 0.1) is 0 Å². The Kier molecular flexibility index (Phi) is 5.39. The number of ether oxygens (including phenoxy) is 1. The quantitative estimate of drug-likeness (QED) is 0.564. The van der Waals surface area contributed by atoms with Crippen molar-refractivity contribution in [2.75, 3.05) is 5.32 Å². The van der Waals surface area contributed by atoms with Crippen molar-refractivity contribution in [3.05, 3.63) is 88.4 Å². The van der Waals surface area contributed by atoms with Crippen molar-refractivity contribution >= 4 is 21.6 Å². The van der Waals surface area contributed by atoms with Crippen LogP contribution in [0.25, 0.3) is 0 Å². The number of anilines is 1. The molecule has 0 fully saturated rings. The Hall–Kier alpha value is -2.46. The van der Waals surface area contributed by atoms with Crippen LogP contribution >= 0.6 is 15.9 Å². The van der Waals surface area contributed by atoms with Crippen LogP contribution in [0.3, 0.4) is 0 Å². The van der Waals surface area contributed by atoms with Crippen LogP contribution in [0.15, 0.2) is 77.3 Å². The van der Waals surface area contributed by atoms with Crippen molar-refractivity contribution in [1.82, 2.24) is 0 Å². The lowest BCUT2D eigenvalue weighted by Gasteiger charge is -2.14. The van der Waals surface area contributed by atoms with Gasteiger partial charge >= 0.3 is 0 Å². The molecule has 122 valence electrons. The van der Waals surface area contributed by atoms with Gasteiger partial charge in [-0.15, -0.1) is 0 Å².